The first-order valence-electron chi connectivity index (χ1n) is 5.06. The van der Waals surface area contributed by atoms with E-state index in [0.717, 1.165) is 0 Å². The second kappa shape index (κ2) is 7.05. The van der Waals surface area contributed by atoms with Crippen molar-refractivity contribution in [1.82, 2.24) is 5.32 Å². The van der Waals surface area contributed by atoms with Crippen LogP contribution in [0.3, 0.4) is 0 Å². The molecule has 2 nitrogen and oxygen atoms in total. The van der Waals surface area contributed by atoms with E-state index in [1.807, 2.05) is 0 Å². The van der Waals surface area contributed by atoms with E-state index < -0.39 is 31.4 Å². The summed E-state index contributed by atoms with van der Waals surface area (Å²) in [6, 6.07) is 0. The minimum Gasteiger partial charge on any atom is -0.377 e. The van der Waals surface area contributed by atoms with E-state index in [1.54, 1.807) is 0 Å². The number of rotatable bonds is 7. The van der Waals surface area contributed by atoms with Crippen LogP contribution in [0.15, 0.2) is 0 Å². The van der Waals surface area contributed by atoms with Crippen LogP contribution in [-0.2, 0) is 4.74 Å². The summed E-state index contributed by atoms with van der Waals surface area (Å²) in [5.74, 6) is 0. The number of halogens is 6. The van der Waals surface area contributed by atoms with Gasteiger partial charge in [0.2, 0.25) is 0 Å². The fourth-order valence-corrected chi connectivity index (χ4v) is 1.03. The molecule has 1 N–H and O–H groups in total. The standard InChI is InChI=1S/C9H15F6NO/c1-7(5-16-6-9(13,14)15)17-4-2-3-8(10,11)12/h7,16H,2-6H2,1H3. The summed E-state index contributed by atoms with van der Waals surface area (Å²) in [6.45, 7) is 0.195. The molecule has 0 radical (unpaired) electrons. The molecule has 0 bridgehead atoms. The zero-order chi connectivity index (χ0) is 13.5. The molecule has 1 atom stereocenters. The number of hydrogen-bond donors (Lipinski definition) is 1. The molecule has 0 rings (SSSR count). The van der Waals surface area contributed by atoms with E-state index in [9.17, 15) is 26.3 Å². The van der Waals surface area contributed by atoms with Crippen LogP contribution in [0, 0.1) is 0 Å². The maximum atomic E-state index is 11.7. The molecule has 0 heterocycles. The maximum Gasteiger partial charge on any atom is 0.401 e. The summed E-state index contributed by atoms with van der Waals surface area (Å²) in [5.41, 5.74) is 0. The van der Waals surface area contributed by atoms with E-state index in [1.165, 1.54) is 6.92 Å². The van der Waals surface area contributed by atoms with Crippen LogP contribution < -0.4 is 5.32 Å². The Labute approximate surface area is 95.3 Å². The highest BCUT2D eigenvalue weighted by Crippen LogP contribution is 2.21. The second-order valence-electron chi connectivity index (χ2n) is 3.65. The van der Waals surface area contributed by atoms with Gasteiger partial charge in [0, 0.05) is 19.6 Å². The van der Waals surface area contributed by atoms with Gasteiger partial charge in [-0.3, -0.25) is 0 Å². The Morgan fingerprint density at radius 2 is 1.65 bits per heavy atom. The summed E-state index contributed by atoms with van der Waals surface area (Å²) in [5, 5.41) is 2.11. The van der Waals surface area contributed by atoms with Gasteiger partial charge >= 0.3 is 12.4 Å². The fraction of sp³-hybridized carbons (Fsp3) is 1.00. The molecule has 0 aliphatic rings. The molecule has 0 aromatic heterocycles. The second-order valence-corrected chi connectivity index (χ2v) is 3.65. The van der Waals surface area contributed by atoms with Crippen molar-refractivity contribution in [2.24, 2.45) is 0 Å². The Morgan fingerprint density at radius 3 is 2.12 bits per heavy atom. The summed E-state index contributed by atoms with van der Waals surface area (Å²) >= 11 is 0. The lowest BCUT2D eigenvalue weighted by Gasteiger charge is -2.15. The lowest BCUT2D eigenvalue weighted by molar-refractivity contribution is -0.139. The van der Waals surface area contributed by atoms with Crippen LogP contribution in [-0.4, -0.2) is 38.2 Å². The largest absolute Gasteiger partial charge is 0.401 e. The van der Waals surface area contributed by atoms with E-state index in [0.29, 0.717) is 0 Å². The zero-order valence-corrected chi connectivity index (χ0v) is 9.29. The van der Waals surface area contributed by atoms with Gasteiger partial charge in [0.05, 0.1) is 12.6 Å². The van der Waals surface area contributed by atoms with Crippen molar-refractivity contribution in [1.29, 1.82) is 0 Å². The van der Waals surface area contributed by atoms with Gasteiger partial charge in [-0.15, -0.1) is 0 Å². The topological polar surface area (TPSA) is 21.3 Å². The Hall–Kier alpha value is -0.500. The van der Waals surface area contributed by atoms with E-state index in [4.69, 9.17) is 4.74 Å². The van der Waals surface area contributed by atoms with Gasteiger partial charge in [0.25, 0.3) is 0 Å². The molecular formula is C9H15F6NO. The third-order valence-corrected chi connectivity index (χ3v) is 1.76. The summed E-state index contributed by atoms with van der Waals surface area (Å²) in [6.07, 6.45) is -10.2. The minimum absolute atomic E-state index is 0.0501. The Balaban J connectivity index is 3.44. The summed E-state index contributed by atoms with van der Waals surface area (Å²) in [7, 11) is 0. The predicted octanol–water partition coefficient (Wildman–Crippen LogP) is 2.89. The van der Waals surface area contributed by atoms with Crippen molar-refractivity contribution >= 4 is 0 Å². The molecule has 1 unspecified atom stereocenters. The molecule has 0 fully saturated rings. The van der Waals surface area contributed by atoms with Crippen molar-refractivity contribution < 1.29 is 31.1 Å². The molecule has 104 valence electrons. The van der Waals surface area contributed by atoms with Gasteiger partial charge in [0.15, 0.2) is 0 Å². The lowest BCUT2D eigenvalue weighted by atomic mass is 10.3. The van der Waals surface area contributed by atoms with Crippen LogP contribution >= 0.6 is 0 Å². The first-order valence-corrected chi connectivity index (χ1v) is 5.06. The van der Waals surface area contributed by atoms with Crippen LogP contribution in [0.25, 0.3) is 0 Å². The monoisotopic (exact) mass is 267 g/mol. The molecule has 17 heavy (non-hydrogen) atoms. The van der Waals surface area contributed by atoms with Gasteiger partial charge < -0.3 is 10.1 Å². The summed E-state index contributed by atoms with van der Waals surface area (Å²) < 4.78 is 75.2. The van der Waals surface area contributed by atoms with Crippen molar-refractivity contribution in [3.05, 3.63) is 0 Å². The molecule has 0 saturated heterocycles. The molecule has 0 aromatic carbocycles. The summed E-state index contributed by atoms with van der Waals surface area (Å²) in [4.78, 5) is 0. The predicted molar refractivity (Wildman–Crippen MR) is 49.6 cm³/mol. The molecule has 8 heteroatoms. The Kier molecular flexibility index (Phi) is 6.84. The quantitative estimate of drug-likeness (QED) is 0.565. The van der Waals surface area contributed by atoms with Gasteiger partial charge in [0.1, 0.15) is 0 Å². The number of hydrogen-bond acceptors (Lipinski definition) is 2. The third-order valence-electron chi connectivity index (χ3n) is 1.76. The molecule has 0 amide bonds. The molecule has 0 aliphatic heterocycles. The highest BCUT2D eigenvalue weighted by atomic mass is 19.4. The average Bonchev–Trinajstić information content (AvgIpc) is 2.09. The fourth-order valence-electron chi connectivity index (χ4n) is 1.03. The van der Waals surface area contributed by atoms with Gasteiger partial charge in [-0.2, -0.15) is 26.3 Å². The SMILES string of the molecule is CC(CNCC(F)(F)F)OCCCC(F)(F)F. The Morgan fingerprint density at radius 1 is 1.06 bits per heavy atom. The van der Waals surface area contributed by atoms with Crippen LogP contribution in [0.2, 0.25) is 0 Å². The third kappa shape index (κ3) is 13.4. The van der Waals surface area contributed by atoms with E-state index in [-0.39, 0.29) is 19.6 Å². The molecule has 0 saturated carbocycles. The van der Waals surface area contributed by atoms with Crippen molar-refractivity contribution in [2.45, 2.75) is 38.2 Å². The van der Waals surface area contributed by atoms with Gasteiger partial charge in [-0.1, -0.05) is 0 Å². The molecule has 0 aromatic rings. The van der Waals surface area contributed by atoms with Gasteiger partial charge in [-0.05, 0) is 13.3 Å². The first kappa shape index (κ1) is 16.5. The highest BCUT2D eigenvalue weighted by molar-refractivity contribution is 4.60. The normalized spacial score (nSPS) is 15.0. The van der Waals surface area contributed by atoms with Crippen LogP contribution in [0.5, 0.6) is 0 Å². The highest BCUT2D eigenvalue weighted by Gasteiger charge is 2.27. The van der Waals surface area contributed by atoms with Crippen LogP contribution in [0.1, 0.15) is 19.8 Å². The maximum absolute atomic E-state index is 11.7. The minimum atomic E-state index is -4.30. The van der Waals surface area contributed by atoms with Gasteiger partial charge in [-0.25, -0.2) is 0 Å². The Bertz CT molecular complexity index is 203. The van der Waals surface area contributed by atoms with E-state index >= 15 is 0 Å². The number of nitrogens with one attached hydrogen (secondary N) is 1. The number of alkyl halides is 6. The molecule has 0 spiro atoms. The average molecular weight is 267 g/mol. The van der Waals surface area contributed by atoms with Crippen molar-refractivity contribution in [2.75, 3.05) is 19.7 Å². The smallest absolute Gasteiger partial charge is 0.377 e. The number of ether oxygens (including phenoxy) is 1. The molecule has 0 aliphatic carbocycles. The van der Waals surface area contributed by atoms with Crippen molar-refractivity contribution in [3.63, 3.8) is 0 Å². The van der Waals surface area contributed by atoms with E-state index in [2.05, 4.69) is 5.32 Å². The lowest BCUT2D eigenvalue weighted by Crippen LogP contribution is -2.34. The first-order chi connectivity index (χ1) is 7.60. The zero-order valence-electron chi connectivity index (χ0n) is 9.29. The van der Waals surface area contributed by atoms with Crippen LogP contribution in [0.4, 0.5) is 26.3 Å². The molecular weight excluding hydrogens is 252 g/mol. The van der Waals surface area contributed by atoms with Crippen molar-refractivity contribution in [3.8, 4) is 0 Å².